The topological polar surface area (TPSA) is 55.6 Å². The Balaban J connectivity index is 1.42. The van der Waals surface area contributed by atoms with Gasteiger partial charge < -0.3 is 14.6 Å². The standard InChI is InChI=1S/C23H27F2N3O2S/c1-30-5-4-28-13-20(18-3-2-17(24)9-19(18)25)31-22(28)26-21(29)27-23-10-14-6-15(11-23)8-16(7-14)12-23/h2-3,9,13-16H,4-8,10-12H2,1H3,(H,27,29)/b26-22-. The van der Waals surface area contributed by atoms with Gasteiger partial charge in [-0.3, -0.25) is 0 Å². The number of halogens is 2. The number of methoxy groups -OCH3 is 1. The number of carbonyl (C=O) groups excluding carboxylic acids is 1. The van der Waals surface area contributed by atoms with Crippen LogP contribution in [0.1, 0.15) is 38.5 Å². The van der Waals surface area contributed by atoms with Crippen molar-refractivity contribution in [2.45, 2.75) is 50.6 Å². The van der Waals surface area contributed by atoms with Crippen LogP contribution < -0.4 is 10.1 Å². The van der Waals surface area contributed by atoms with Crippen LogP contribution in [0.25, 0.3) is 10.4 Å². The van der Waals surface area contributed by atoms with Crippen molar-refractivity contribution in [3.8, 4) is 10.4 Å². The van der Waals surface area contributed by atoms with Gasteiger partial charge in [-0.15, -0.1) is 0 Å². The Hall–Kier alpha value is -2.06. The van der Waals surface area contributed by atoms with Gasteiger partial charge in [0.15, 0.2) is 4.80 Å². The average molecular weight is 448 g/mol. The molecular formula is C23H27F2N3O2S. The number of rotatable bonds is 5. The maximum atomic E-state index is 14.3. The van der Waals surface area contributed by atoms with Gasteiger partial charge in [-0.05, 0) is 68.4 Å². The molecule has 0 atom stereocenters. The maximum absolute atomic E-state index is 14.3. The van der Waals surface area contributed by atoms with Crippen molar-refractivity contribution < 1.29 is 18.3 Å². The molecule has 0 saturated heterocycles. The number of ether oxygens (including phenoxy) is 1. The van der Waals surface area contributed by atoms with Crippen LogP contribution in [0.2, 0.25) is 0 Å². The first-order chi connectivity index (χ1) is 14.9. The first-order valence-electron chi connectivity index (χ1n) is 10.9. The first-order valence-corrected chi connectivity index (χ1v) is 11.8. The number of nitrogens with one attached hydrogen (secondary N) is 1. The van der Waals surface area contributed by atoms with Crippen LogP contribution >= 0.6 is 11.3 Å². The lowest BCUT2D eigenvalue weighted by atomic mass is 9.53. The van der Waals surface area contributed by atoms with Crippen LogP contribution in [0.4, 0.5) is 13.6 Å². The predicted molar refractivity (Wildman–Crippen MR) is 115 cm³/mol. The second-order valence-electron chi connectivity index (χ2n) is 9.43. The van der Waals surface area contributed by atoms with Gasteiger partial charge in [0.05, 0.1) is 11.5 Å². The molecule has 4 fully saturated rings. The van der Waals surface area contributed by atoms with Gasteiger partial charge in [0.1, 0.15) is 11.6 Å². The predicted octanol–water partition coefficient (Wildman–Crippen LogP) is 4.72. The molecule has 1 aromatic carbocycles. The monoisotopic (exact) mass is 447 g/mol. The summed E-state index contributed by atoms with van der Waals surface area (Å²) in [5.41, 5.74) is 0.177. The molecule has 8 heteroatoms. The number of carbonyl (C=O) groups is 1. The summed E-state index contributed by atoms with van der Waals surface area (Å²) in [6.07, 6.45) is 8.83. The Bertz CT molecular complexity index is 1030. The molecule has 5 nitrogen and oxygen atoms in total. The third-order valence-electron chi connectivity index (χ3n) is 7.06. The highest BCUT2D eigenvalue weighted by Gasteiger charge is 2.51. The van der Waals surface area contributed by atoms with Crippen molar-refractivity contribution in [2.75, 3.05) is 13.7 Å². The van der Waals surface area contributed by atoms with Gasteiger partial charge in [0.25, 0.3) is 0 Å². The van der Waals surface area contributed by atoms with E-state index >= 15 is 0 Å². The Kier molecular flexibility index (Phi) is 5.46. The Morgan fingerprint density at radius 3 is 2.52 bits per heavy atom. The molecule has 4 saturated carbocycles. The summed E-state index contributed by atoms with van der Waals surface area (Å²) in [4.78, 5) is 18.4. The van der Waals surface area contributed by atoms with E-state index < -0.39 is 11.6 Å². The van der Waals surface area contributed by atoms with Crippen molar-refractivity contribution in [3.05, 3.63) is 40.8 Å². The average Bonchev–Trinajstić information content (AvgIpc) is 3.06. The summed E-state index contributed by atoms with van der Waals surface area (Å²) < 4.78 is 34.6. The van der Waals surface area contributed by atoms with Gasteiger partial charge in [-0.1, -0.05) is 11.3 Å². The molecule has 166 valence electrons. The molecule has 0 unspecified atom stereocenters. The number of hydrogen-bond acceptors (Lipinski definition) is 3. The van der Waals surface area contributed by atoms with Crippen LogP contribution in [0.3, 0.4) is 0 Å². The normalized spacial score (nSPS) is 29.5. The van der Waals surface area contributed by atoms with E-state index in [0.29, 0.717) is 28.4 Å². The van der Waals surface area contributed by atoms with E-state index in [0.717, 1.165) is 43.1 Å². The van der Waals surface area contributed by atoms with Crippen molar-refractivity contribution in [2.24, 2.45) is 22.7 Å². The van der Waals surface area contributed by atoms with E-state index in [-0.39, 0.29) is 11.6 Å². The van der Waals surface area contributed by atoms with Crippen molar-refractivity contribution >= 4 is 17.4 Å². The molecule has 6 rings (SSSR count). The first kappa shape index (κ1) is 20.8. The minimum atomic E-state index is -0.635. The number of thiazole rings is 1. The SMILES string of the molecule is COCCn1cc(-c2ccc(F)cc2F)s/c1=N\C(=O)NC12CC3CC(CC(C3)C1)C2. The number of benzene rings is 1. The number of amides is 2. The van der Waals surface area contributed by atoms with Gasteiger partial charge in [-0.2, -0.15) is 4.99 Å². The zero-order valence-corrected chi connectivity index (χ0v) is 18.4. The van der Waals surface area contributed by atoms with Crippen molar-refractivity contribution in [1.29, 1.82) is 0 Å². The minimum absolute atomic E-state index is 0.115. The molecule has 4 aliphatic rings. The molecule has 1 heterocycles. The molecule has 1 aromatic heterocycles. The summed E-state index contributed by atoms with van der Waals surface area (Å²) in [6, 6.07) is 3.18. The summed E-state index contributed by atoms with van der Waals surface area (Å²) in [5, 5.41) is 3.26. The highest BCUT2D eigenvalue weighted by Crippen LogP contribution is 2.55. The van der Waals surface area contributed by atoms with E-state index in [9.17, 15) is 13.6 Å². The smallest absolute Gasteiger partial charge is 0.344 e. The van der Waals surface area contributed by atoms with Crippen LogP contribution in [0.15, 0.2) is 29.4 Å². The number of nitrogens with zero attached hydrogens (tertiary/aromatic N) is 2. The molecule has 4 bridgehead atoms. The maximum Gasteiger partial charge on any atom is 0.344 e. The quantitative estimate of drug-likeness (QED) is 0.721. The zero-order valence-electron chi connectivity index (χ0n) is 17.6. The number of aromatic nitrogens is 1. The summed E-state index contributed by atoms with van der Waals surface area (Å²) in [5.74, 6) is 0.934. The molecular weight excluding hydrogens is 420 g/mol. The highest BCUT2D eigenvalue weighted by molar-refractivity contribution is 7.12. The number of urea groups is 1. The number of hydrogen-bond donors (Lipinski definition) is 1. The molecule has 2 amide bonds. The van der Waals surface area contributed by atoms with Gasteiger partial charge in [0.2, 0.25) is 0 Å². The van der Waals surface area contributed by atoms with E-state index in [1.165, 1.54) is 42.7 Å². The third kappa shape index (κ3) is 4.20. The molecule has 0 radical (unpaired) electrons. The second kappa shape index (κ2) is 8.13. The fourth-order valence-electron chi connectivity index (χ4n) is 6.24. The summed E-state index contributed by atoms with van der Waals surface area (Å²) in [6.45, 7) is 0.922. The van der Waals surface area contributed by atoms with Crippen LogP contribution in [-0.2, 0) is 11.3 Å². The lowest BCUT2D eigenvalue weighted by molar-refractivity contribution is -0.0130. The molecule has 31 heavy (non-hydrogen) atoms. The Morgan fingerprint density at radius 2 is 1.90 bits per heavy atom. The Morgan fingerprint density at radius 1 is 1.23 bits per heavy atom. The van der Waals surface area contributed by atoms with E-state index in [1.54, 1.807) is 17.9 Å². The van der Waals surface area contributed by atoms with Gasteiger partial charge in [0, 0.05) is 37.0 Å². The zero-order chi connectivity index (χ0) is 21.6. The van der Waals surface area contributed by atoms with E-state index in [4.69, 9.17) is 4.74 Å². The van der Waals surface area contributed by atoms with E-state index in [2.05, 4.69) is 10.3 Å². The summed E-state index contributed by atoms with van der Waals surface area (Å²) >= 11 is 1.22. The van der Waals surface area contributed by atoms with Gasteiger partial charge >= 0.3 is 6.03 Å². The van der Waals surface area contributed by atoms with Crippen molar-refractivity contribution in [1.82, 2.24) is 9.88 Å². The van der Waals surface area contributed by atoms with Crippen molar-refractivity contribution in [3.63, 3.8) is 0 Å². The summed E-state index contributed by atoms with van der Waals surface area (Å²) in [7, 11) is 1.60. The lowest BCUT2D eigenvalue weighted by Gasteiger charge is -2.56. The molecule has 0 spiro atoms. The molecule has 1 N–H and O–H groups in total. The third-order valence-corrected chi connectivity index (χ3v) is 8.11. The molecule has 4 aliphatic carbocycles. The van der Waals surface area contributed by atoms with Crippen LogP contribution in [-0.4, -0.2) is 29.9 Å². The van der Waals surface area contributed by atoms with Crippen LogP contribution in [0.5, 0.6) is 0 Å². The van der Waals surface area contributed by atoms with Crippen LogP contribution in [0, 0.1) is 29.4 Å². The fraction of sp³-hybridized carbons (Fsp3) is 0.565. The Labute approximate surface area is 184 Å². The minimum Gasteiger partial charge on any atom is -0.383 e. The molecule has 2 aromatic rings. The van der Waals surface area contributed by atoms with E-state index in [1.807, 2.05) is 0 Å². The van der Waals surface area contributed by atoms with Gasteiger partial charge in [-0.25, -0.2) is 13.6 Å². The molecule has 0 aliphatic heterocycles. The second-order valence-corrected chi connectivity index (χ2v) is 10.4. The highest BCUT2D eigenvalue weighted by atomic mass is 32.1. The largest absolute Gasteiger partial charge is 0.383 e. The lowest BCUT2D eigenvalue weighted by Crippen LogP contribution is -2.59. The fourth-order valence-corrected chi connectivity index (χ4v) is 7.28.